The number of rotatable bonds is 3. The Bertz CT molecular complexity index is 600. The van der Waals surface area contributed by atoms with Crippen molar-refractivity contribution in [2.75, 3.05) is 0 Å². The van der Waals surface area contributed by atoms with Gasteiger partial charge < -0.3 is 5.11 Å². The molecule has 1 unspecified atom stereocenters. The summed E-state index contributed by atoms with van der Waals surface area (Å²) in [6, 6.07) is 14.7. The molecule has 20 heavy (non-hydrogen) atoms. The molecular weight excluding hydrogens is 244 g/mol. The lowest BCUT2D eigenvalue weighted by Crippen LogP contribution is -2.07. The van der Waals surface area contributed by atoms with Crippen LogP contribution < -0.4 is 0 Å². The standard InChI is InChI=1S/C19H22O/c1-2-14-7-5-6-10-18(14)19(20)17-12-11-15-8-3-4-9-16(15)13-17/h5-7,10-13,19-20H,2-4,8-9H2,1H3. The summed E-state index contributed by atoms with van der Waals surface area (Å²) in [6.45, 7) is 2.14. The van der Waals surface area contributed by atoms with E-state index in [4.69, 9.17) is 0 Å². The van der Waals surface area contributed by atoms with Gasteiger partial charge in [0, 0.05) is 0 Å². The lowest BCUT2D eigenvalue weighted by Gasteiger charge is -2.20. The van der Waals surface area contributed by atoms with Crippen LogP contribution in [0.1, 0.15) is 53.7 Å². The van der Waals surface area contributed by atoms with Gasteiger partial charge in [0.05, 0.1) is 0 Å². The predicted octanol–water partition coefficient (Wildman–Crippen LogP) is 4.21. The van der Waals surface area contributed by atoms with Crippen LogP contribution in [0.15, 0.2) is 42.5 Å². The smallest absolute Gasteiger partial charge is 0.104 e. The summed E-state index contributed by atoms with van der Waals surface area (Å²) in [5.74, 6) is 0. The number of hydrogen-bond acceptors (Lipinski definition) is 1. The van der Waals surface area contributed by atoms with Crippen molar-refractivity contribution in [2.45, 2.75) is 45.1 Å². The molecule has 1 aliphatic carbocycles. The molecule has 0 saturated heterocycles. The normalized spacial score (nSPS) is 15.7. The molecule has 1 heteroatoms. The van der Waals surface area contributed by atoms with E-state index < -0.39 is 6.10 Å². The average Bonchev–Trinajstić information content (AvgIpc) is 2.53. The highest BCUT2D eigenvalue weighted by atomic mass is 16.3. The Morgan fingerprint density at radius 1 is 1.00 bits per heavy atom. The fourth-order valence-corrected chi connectivity index (χ4v) is 3.23. The van der Waals surface area contributed by atoms with Crippen LogP contribution in [0.4, 0.5) is 0 Å². The van der Waals surface area contributed by atoms with Gasteiger partial charge in [0.25, 0.3) is 0 Å². The van der Waals surface area contributed by atoms with E-state index >= 15 is 0 Å². The summed E-state index contributed by atoms with van der Waals surface area (Å²) in [4.78, 5) is 0. The Hall–Kier alpha value is -1.60. The van der Waals surface area contributed by atoms with E-state index in [1.165, 1.54) is 36.0 Å². The number of hydrogen-bond donors (Lipinski definition) is 1. The number of aliphatic hydroxyl groups excluding tert-OH is 1. The monoisotopic (exact) mass is 266 g/mol. The van der Waals surface area contributed by atoms with Crippen molar-refractivity contribution < 1.29 is 5.11 Å². The zero-order chi connectivity index (χ0) is 13.9. The second-order valence-electron chi connectivity index (χ2n) is 5.69. The van der Waals surface area contributed by atoms with Crippen molar-refractivity contribution in [3.8, 4) is 0 Å². The molecule has 0 aliphatic heterocycles. The fourth-order valence-electron chi connectivity index (χ4n) is 3.23. The Kier molecular flexibility index (Phi) is 3.88. The van der Waals surface area contributed by atoms with Crippen LogP contribution in [0.3, 0.4) is 0 Å². The highest BCUT2D eigenvalue weighted by molar-refractivity contribution is 5.40. The van der Waals surface area contributed by atoms with E-state index in [-0.39, 0.29) is 0 Å². The van der Waals surface area contributed by atoms with Gasteiger partial charge >= 0.3 is 0 Å². The molecule has 0 spiro atoms. The van der Waals surface area contributed by atoms with Crippen molar-refractivity contribution >= 4 is 0 Å². The van der Waals surface area contributed by atoms with E-state index in [2.05, 4.69) is 31.2 Å². The van der Waals surface area contributed by atoms with Gasteiger partial charge in [0.15, 0.2) is 0 Å². The summed E-state index contributed by atoms with van der Waals surface area (Å²) in [7, 11) is 0. The highest BCUT2D eigenvalue weighted by Crippen LogP contribution is 2.29. The topological polar surface area (TPSA) is 20.2 Å². The molecule has 1 N–H and O–H groups in total. The van der Waals surface area contributed by atoms with Crippen LogP contribution >= 0.6 is 0 Å². The minimum absolute atomic E-state index is 0.502. The van der Waals surface area contributed by atoms with Crippen molar-refractivity contribution in [3.63, 3.8) is 0 Å². The first-order chi connectivity index (χ1) is 9.79. The quantitative estimate of drug-likeness (QED) is 0.882. The number of aryl methyl sites for hydroxylation is 3. The zero-order valence-corrected chi connectivity index (χ0v) is 12.1. The Morgan fingerprint density at radius 2 is 1.75 bits per heavy atom. The van der Waals surface area contributed by atoms with Gasteiger partial charge in [-0.2, -0.15) is 0 Å². The zero-order valence-electron chi connectivity index (χ0n) is 12.1. The minimum Gasteiger partial charge on any atom is -0.384 e. The van der Waals surface area contributed by atoms with Gasteiger partial charge in [0.2, 0.25) is 0 Å². The van der Waals surface area contributed by atoms with Gasteiger partial charge in [-0.15, -0.1) is 0 Å². The average molecular weight is 266 g/mol. The van der Waals surface area contributed by atoms with Crippen LogP contribution in [-0.4, -0.2) is 5.11 Å². The second-order valence-corrected chi connectivity index (χ2v) is 5.69. The van der Waals surface area contributed by atoms with E-state index in [9.17, 15) is 5.11 Å². The Balaban J connectivity index is 1.96. The number of benzene rings is 2. The molecule has 3 rings (SSSR count). The van der Waals surface area contributed by atoms with E-state index in [0.717, 1.165) is 24.0 Å². The molecule has 0 fully saturated rings. The SMILES string of the molecule is CCc1ccccc1C(O)c1ccc2c(c1)CCCC2. The lowest BCUT2D eigenvalue weighted by atomic mass is 9.88. The maximum Gasteiger partial charge on any atom is 0.104 e. The van der Waals surface area contributed by atoms with Crippen LogP contribution in [0.25, 0.3) is 0 Å². The lowest BCUT2D eigenvalue weighted by molar-refractivity contribution is 0.219. The summed E-state index contributed by atoms with van der Waals surface area (Å²) in [5, 5.41) is 10.7. The Labute approximate surface area is 121 Å². The molecule has 104 valence electrons. The molecule has 0 radical (unpaired) electrons. The van der Waals surface area contributed by atoms with Crippen LogP contribution in [0, 0.1) is 0 Å². The molecule has 0 heterocycles. The van der Waals surface area contributed by atoms with Crippen LogP contribution in [0.2, 0.25) is 0 Å². The third-order valence-electron chi connectivity index (χ3n) is 4.42. The van der Waals surface area contributed by atoms with Crippen LogP contribution in [0.5, 0.6) is 0 Å². The van der Waals surface area contributed by atoms with Gasteiger partial charge in [-0.1, -0.05) is 49.4 Å². The molecule has 0 aromatic heterocycles. The van der Waals surface area contributed by atoms with Crippen molar-refractivity contribution in [1.82, 2.24) is 0 Å². The number of aliphatic hydroxyl groups is 1. The van der Waals surface area contributed by atoms with E-state index in [1.54, 1.807) is 0 Å². The molecule has 0 amide bonds. The summed E-state index contributed by atoms with van der Waals surface area (Å²) in [5.41, 5.74) is 6.22. The third-order valence-corrected chi connectivity index (χ3v) is 4.42. The first-order valence-electron chi connectivity index (χ1n) is 7.67. The van der Waals surface area contributed by atoms with Crippen LogP contribution in [-0.2, 0) is 19.3 Å². The van der Waals surface area contributed by atoms with Gasteiger partial charge in [-0.25, -0.2) is 0 Å². The largest absolute Gasteiger partial charge is 0.384 e. The summed E-state index contributed by atoms with van der Waals surface area (Å²) < 4.78 is 0. The highest BCUT2D eigenvalue weighted by Gasteiger charge is 2.16. The molecular formula is C19H22O. The fraction of sp³-hybridized carbons (Fsp3) is 0.368. The summed E-state index contributed by atoms with van der Waals surface area (Å²) in [6.07, 6.45) is 5.38. The minimum atomic E-state index is -0.502. The molecule has 1 nitrogen and oxygen atoms in total. The summed E-state index contributed by atoms with van der Waals surface area (Å²) >= 11 is 0. The second kappa shape index (κ2) is 5.80. The van der Waals surface area contributed by atoms with Gasteiger partial charge in [-0.05, 0) is 59.9 Å². The molecule has 0 saturated carbocycles. The predicted molar refractivity (Wildman–Crippen MR) is 83.0 cm³/mol. The first kappa shape index (κ1) is 13.4. The maximum atomic E-state index is 10.7. The van der Waals surface area contributed by atoms with Gasteiger partial charge in [0.1, 0.15) is 6.10 Å². The van der Waals surface area contributed by atoms with Gasteiger partial charge in [-0.3, -0.25) is 0 Å². The molecule has 2 aromatic carbocycles. The van der Waals surface area contributed by atoms with Crippen molar-refractivity contribution in [1.29, 1.82) is 0 Å². The van der Waals surface area contributed by atoms with E-state index in [1.807, 2.05) is 18.2 Å². The van der Waals surface area contributed by atoms with Crippen molar-refractivity contribution in [2.24, 2.45) is 0 Å². The van der Waals surface area contributed by atoms with Crippen molar-refractivity contribution in [3.05, 3.63) is 70.3 Å². The van der Waals surface area contributed by atoms with E-state index in [0.29, 0.717) is 0 Å². The molecule has 1 aliphatic rings. The third kappa shape index (κ3) is 2.51. The number of fused-ring (bicyclic) bond motifs is 1. The molecule has 1 atom stereocenters. The Morgan fingerprint density at radius 3 is 2.55 bits per heavy atom. The first-order valence-corrected chi connectivity index (χ1v) is 7.67. The maximum absolute atomic E-state index is 10.7. The molecule has 2 aromatic rings. The molecule has 0 bridgehead atoms.